The average Bonchev–Trinajstić information content (AvgIpc) is 1.88. The van der Waals surface area contributed by atoms with Crippen LogP contribution in [0.2, 0.25) is 0 Å². The fourth-order valence-corrected chi connectivity index (χ4v) is 0.935. The molecule has 1 heterocycles. The molecule has 0 amide bonds. The van der Waals surface area contributed by atoms with E-state index in [0.717, 1.165) is 0 Å². The number of cyclic esters (lactones) is 1. The van der Waals surface area contributed by atoms with Crippen molar-refractivity contribution in [1.29, 1.82) is 0 Å². The zero-order chi connectivity index (χ0) is 7.56. The smallest absolute Gasteiger partial charge is 0.319 e. The minimum Gasteiger partial charge on any atom is -0.463 e. The van der Waals surface area contributed by atoms with Crippen LogP contribution in [0.25, 0.3) is 0 Å². The molecule has 1 unspecified atom stereocenters. The normalized spacial score (nSPS) is 26.7. The number of hydrogen-bond donors (Lipinski definition) is 1. The van der Waals surface area contributed by atoms with Crippen LogP contribution in [0, 0.1) is 5.92 Å². The van der Waals surface area contributed by atoms with Gasteiger partial charge in [-0.15, -0.1) is 0 Å². The maximum absolute atomic E-state index is 10.5. The van der Waals surface area contributed by atoms with E-state index >= 15 is 0 Å². The van der Waals surface area contributed by atoms with Gasteiger partial charge in [-0.3, -0.25) is 4.79 Å². The SMILES string of the molecule is CC(C)C1COC(=O)CN1. The van der Waals surface area contributed by atoms with E-state index in [0.29, 0.717) is 25.1 Å². The highest BCUT2D eigenvalue weighted by molar-refractivity contribution is 5.72. The summed E-state index contributed by atoms with van der Waals surface area (Å²) in [5, 5.41) is 3.09. The lowest BCUT2D eigenvalue weighted by Crippen LogP contribution is -2.46. The van der Waals surface area contributed by atoms with Crippen LogP contribution in [0.5, 0.6) is 0 Å². The highest BCUT2D eigenvalue weighted by atomic mass is 16.5. The number of nitrogens with one attached hydrogen (secondary N) is 1. The van der Waals surface area contributed by atoms with Crippen molar-refractivity contribution in [3.8, 4) is 0 Å². The molecule has 1 aliphatic rings. The van der Waals surface area contributed by atoms with Crippen molar-refractivity contribution in [3.63, 3.8) is 0 Å². The maximum Gasteiger partial charge on any atom is 0.319 e. The van der Waals surface area contributed by atoms with Crippen molar-refractivity contribution in [2.45, 2.75) is 19.9 Å². The van der Waals surface area contributed by atoms with Gasteiger partial charge in [0.1, 0.15) is 6.61 Å². The fraction of sp³-hybridized carbons (Fsp3) is 0.857. The van der Waals surface area contributed by atoms with Crippen LogP contribution >= 0.6 is 0 Å². The van der Waals surface area contributed by atoms with Crippen molar-refractivity contribution in [2.24, 2.45) is 5.92 Å². The first kappa shape index (κ1) is 7.54. The van der Waals surface area contributed by atoms with Gasteiger partial charge in [0, 0.05) is 6.04 Å². The number of carbonyl (C=O) groups excluding carboxylic acids is 1. The van der Waals surface area contributed by atoms with Crippen LogP contribution in [-0.2, 0) is 9.53 Å². The Labute approximate surface area is 60.7 Å². The summed E-state index contributed by atoms with van der Waals surface area (Å²) < 4.78 is 4.85. The van der Waals surface area contributed by atoms with Crippen LogP contribution in [0.1, 0.15) is 13.8 Å². The van der Waals surface area contributed by atoms with E-state index in [1.807, 2.05) is 0 Å². The Morgan fingerprint density at radius 2 is 2.40 bits per heavy atom. The van der Waals surface area contributed by atoms with Crippen LogP contribution in [0.4, 0.5) is 0 Å². The van der Waals surface area contributed by atoms with E-state index in [1.165, 1.54) is 0 Å². The number of rotatable bonds is 1. The van der Waals surface area contributed by atoms with Crippen LogP contribution < -0.4 is 5.32 Å². The van der Waals surface area contributed by atoms with Gasteiger partial charge in [-0.25, -0.2) is 0 Å². The summed E-state index contributed by atoms with van der Waals surface area (Å²) in [5.41, 5.74) is 0. The molecule has 0 aromatic heterocycles. The Bertz CT molecular complexity index is 124. The van der Waals surface area contributed by atoms with E-state index in [-0.39, 0.29) is 5.97 Å². The second-order valence-electron chi connectivity index (χ2n) is 2.91. The summed E-state index contributed by atoms with van der Waals surface area (Å²) in [6.45, 7) is 5.10. The van der Waals surface area contributed by atoms with E-state index in [1.54, 1.807) is 0 Å². The van der Waals surface area contributed by atoms with Crippen molar-refractivity contribution in [3.05, 3.63) is 0 Å². The Kier molecular flexibility index (Phi) is 2.27. The minimum absolute atomic E-state index is 0.142. The molecule has 0 spiro atoms. The zero-order valence-electron chi connectivity index (χ0n) is 6.39. The van der Waals surface area contributed by atoms with Gasteiger partial charge >= 0.3 is 5.97 Å². The van der Waals surface area contributed by atoms with Gasteiger partial charge in [-0.2, -0.15) is 0 Å². The lowest BCUT2D eigenvalue weighted by atomic mass is 10.1. The molecule has 3 nitrogen and oxygen atoms in total. The van der Waals surface area contributed by atoms with Crippen molar-refractivity contribution < 1.29 is 9.53 Å². The van der Waals surface area contributed by atoms with E-state index in [9.17, 15) is 4.79 Å². The van der Waals surface area contributed by atoms with Crippen LogP contribution in [0.15, 0.2) is 0 Å². The molecule has 1 aliphatic heterocycles. The molecule has 1 saturated heterocycles. The standard InChI is InChI=1S/C7H13NO2/c1-5(2)6-4-10-7(9)3-8-6/h5-6,8H,3-4H2,1-2H3. The molecular weight excluding hydrogens is 130 g/mol. The predicted octanol–water partition coefficient (Wildman–Crippen LogP) is 0.157. The molecule has 0 bridgehead atoms. The third-order valence-electron chi connectivity index (χ3n) is 1.74. The summed E-state index contributed by atoms with van der Waals surface area (Å²) >= 11 is 0. The first-order chi connectivity index (χ1) is 4.70. The number of hydrogen-bond acceptors (Lipinski definition) is 3. The zero-order valence-corrected chi connectivity index (χ0v) is 6.39. The Morgan fingerprint density at radius 3 is 2.80 bits per heavy atom. The number of carbonyl (C=O) groups is 1. The van der Waals surface area contributed by atoms with Gasteiger partial charge in [0.25, 0.3) is 0 Å². The minimum atomic E-state index is -0.142. The van der Waals surface area contributed by atoms with E-state index in [4.69, 9.17) is 4.74 Å². The van der Waals surface area contributed by atoms with Gasteiger partial charge in [-0.1, -0.05) is 13.8 Å². The number of esters is 1. The second-order valence-corrected chi connectivity index (χ2v) is 2.91. The summed E-state index contributed by atoms with van der Waals surface area (Å²) in [6, 6.07) is 0.345. The highest BCUT2D eigenvalue weighted by Gasteiger charge is 2.20. The molecule has 0 radical (unpaired) electrons. The van der Waals surface area contributed by atoms with Gasteiger partial charge in [0.2, 0.25) is 0 Å². The largest absolute Gasteiger partial charge is 0.463 e. The second kappa shape index (κ2) is 3.01. The fourth-order valence-electron chi connectivity index (χ4n) is 0.935. The van der Waals surface area contributed by atoms with Crippen molar-refractivity contribution in [1.82, 2.24) is 5.32 Å². The maximum atomic E-state index is 10.5. The van der Waals surface area contributed by atoms with Crippen molar-refractivity contribution >= 4 is 5.97 Å². The lowest BCUT2D eigenvalue weighted by Gasteiger charge is -2.25. The molecular formula is C7H13NO2. The molecule has 1 fully saturated rings. The topological polar surface area (TPSA) is 38.3 Å². The van der Waals surface area contributed by atoms with E-state index < -0.39 is 0 Å². The number of morpholine rings is 1. The van der Waals surface area contributed by atoms with Gasteiger partial charge in [-0.05, 0) is 5.92 Å². The third-order valence-corrected chi connectivity index (χ3v) is 1.74. The molecule has 0 aromatic carbocycles. The van der Waals surface area contributed by atoms with Gasteiger partial charge < -0.3 is 10.1 Å². The molecule has 3 heteroatoms. The number of ether oxygens (including phenoxy) is 1. The van der Waals surface area contributed by atoms with Crippen molar-refractivity contribution in [2.75, 3.05) is 13.2 Å². The molecule has 0 saturated carbocycles. The molecule has 0 aromatic rings. The average molecular weight is 143 g/mol. The first-order valence-corrected chi connectivity index (χ1v) is 3.59. The Hall–Kier alpha value is -0.570. The summed E-state index contributed by atoms with van der Waals surface area (Å²) in [7, 11) is 0. The molecule has 58 valence electrons. The molecule has 1 rings (SSSR count). The summed E-state index contributed by atoms with van der Waals surface area (Å²) in [4.78, 5) is 10.5. The molecule has 0 aliphatic carbocycles. The van der Waals surface area contributed by atoms with Gasteiger partial charge in [0.15, 0.2) is 0 Å². The molecule has 1 N–H and O–H groups in total. The summed E-state index contributed by atoms with van der Waals surface area (Å²) in [5.74, 6) is 0.394. The third kappa shape index (κ3) is 1.70. The molecule has 10 heavy (non-hydrogen) atoms. The van der Waals surface area contributed by atoms with Crippen LogP contribution in [-0.4, -0.2) is 25.2 Å². The quantitative estimate of drug-likeness (QED) is 0.531. The lowest BCUT2D eigenvalue weighted by molar-refractivity contribution is -0.147. The first-order valence-electron chi connectivity index (χ1n) is 3.59. The Morgan fingerprint density at radius 1 is 1.70 bits per heavy atom. The molecule has 1 atom stereocenters. The van der Waals surface area contributed by atoms with Gasteiger partial charge in [0.05, 0.1) is 6.54 Å². The Balaban J connectivity index is 2.33. The highest BCUT2D eigenvalue weighted by Crippen LogP contribution is 2.04. The predicted molar refractivity (Wildman–Crippen MR) is 37.6 cm³/mol. The van der Waals surface area contributed by atoms with Crippen LogP contribution in [0.3, 0.4) is 0 Å². The van der Waals surface area contributed by atoms with E-state index in [2.05, 4.69) is 19.2 Å². The summed E-state index contributed by atoms with van der Waals surface area (Å²) in [6.07, 6.45) is 0. The monoisotopic (exact) mass is 143 g/mol.